The molecular weight excluding hydrogens is 747 g/mol. The Balaban J connectivity index is 1.86. The monoisotopic (exact) mass is 795 g/mol. The summed E-state index contributed by atoms with van der Waals surface area (Å²) in [6.45, 7) is -3.44. The van der Waals surface area contributed by atoms with Crippen molar-refractivity contribution in [2.24, 2.45) is 17.2 Å². The van der Waals surface area contributed by atoms with Crippen molar-refractivity contribution in [3.63, 3.8) is 0 Å². The third-order valence-corrected chi connectivity index (χ3v) is 9.13. The second kappa shape index (κ2) is 21.5. The van der Waals surface area contributed by atoms with E-state index >= 15 is 0 Å². The highest BCUT2D eigenvalue weighted by Crippen LogP contribution is 2.21. The lowest BCUT2D eigenvalue weighted by atomic mass is 10.2. The first-order valence-corrected chi connectivity index (χ1v) is 18.5. The van der Waals surface area contributed by atoms with Gasteiger partial charge in [0.2, 0.25) is 35.4 Å². The number of rotatable bonds is 12. The SMILES string of the molecule is NCCCN1CC(=O)N(c2ccc(F)cc2)CC(=O)N(CCCN)CC(=O)N(c2ccc(F)cc2)CC(=O)N(CCCN)CC(=O)N(c2ccc(F)cc2)CC1=O. The summed E-state index contributed by atoms with van der Waals surface area (Å²) >= 11 is 0. The van der Waals surface area contributed by atoms with Crippen molar-refractivity contribution in [2.45, 2.75) is 19.3 Å². The van der Waals surface area contributed by atoms with Crippen molar-refractivity contribution in [1.29, 1.82) is 0 Å². The van der Waals surface area contributed by atoms with E-state index in [4.69, 9.17) is 17.2 Å². The number of nitrogens with two attached hydrogens (primary N) is 3. The largest absolute Gasteiger partial charge is 0.332 e. The van der Waals surface area contributed by atoms with Gasteiger partial charge in [0.25, 0.3) is 0 Å². The van der Waals surface area contributed by atoms with Gasteiger partial charge in [-0.15, -0.1) is 0 Å². The molecule has 0 saturated carbocycles. The molecule has 3 aromatic carbocycles. The Bertz CT molecular complexity index is 1640. The molecule has 1 aliphatic heterocycles. The second-order valence-electron chi connectivity index (χ2n) is 13.2. The quantitative estimate of drug-likeness (QED) is 0.240. The molecule has 0 unspecified atom stereocenters. The zero-order chi connectivity index (χ0) is 41.5. The first-order valence-electron chi connectivity index (χ1n) is 18.5. The molecule has 0 aliphatic carbocycles. The number of carbonyl (C=O) groups excluding carboxylic acids is 6. The molecule has 0 bridgehead atoms. The molecule has 1 saturated heterocycles. The summed E-state index contributed by atoms with van der Waals surface area (Å²) in [5.74, 6) is -6.23. The highest BCUT2D eigenvalue weighted by Gasteiger charge is 2.32. The van der Waals surface area contributed by atoms with Crippen LogP contribution in [-0.4, -0.2) is 129 Å². The van der Waals surface area contributed by atoms with Crippen LogP contribution in [-0.2, 0) is 28.8 Å². The van der Waals surface area contributed by atoms with E-state index in [1.165, 1.54) is 36.4 Å². The minimum absolute atomic E-state index is 0.0326. The van der Waals surface area contributed by atoms with E-state index in [9.17, 15) is 41.9 Å². The smallest absolute Gasteiger partial charge is 0.247 e. The zero-order valence-corrected chi connectivity index (χ0v) is 31.5. The van der Waals surface area contributed by atoms with Crippen LogP contribution >= 0.6 is 0 Å². The van der Waals surface area contributed by atoms with Crippen molar-refractivity contribution in [1.82, 2.24) is 14.7 Å². The van der Waals surface area contributed by atoms with Crippen LogP contribution in [0.4, 0.5) is 30.2 Å². The van der Waals surface area contributed by atoms with E-state index in [1.807, 2.05) is 0 Å². The van der Waals surface area contributed by atoms with Gasteiger partial charge in [0.1, 0.15) is 56.7 Å². The minimum atomic E-state index is -0.752. The molecule has 1 fully saturated rings. The normalized spacial score (nSPS) is 16.1. The molecule has 306 valence electrons. The Morgan fingerprint density at radius 2 is 0.596 bits per heavy atom. The van der Waals surface area contributed by atoms with Crippen molar-refractivity contribution in [2.75, 3.05) is 93.2 Å². The lowest BCUT2D eigenvalue weighted by Gasteiger charge is -2.33. The Morgan fingerprint density at radius 1 is 0.368 bits per heavy atom. The van der Waals surface area contributed by atoms with Gasteiger partial charge in [-0.25, -0.2) is 13.2 Å². The van der Waals surface area contributed by atoms with Crippen molar-refractivity contribution < 1.29 is 41.9 Å². The first-order chi connectivity index (χ1) is 27.3. The summed E-state index contributed by atoms with van der Waals surface area (Å²) in [5.41, 5.74) is 17.6. The maximum atomic E-state index is 14.2. The van der Waals surface area contributed by atoms with Gasteiger partial charge in [0.15, 0.2) is 0 Å². The van der Waals surface area contributed by atoms with Crippen LogP contribution in [0.15, 0.2) is 72.8 Å². The highest BCUT2D eigenvalue weighted by atomic mass is 19.1. The standard InChI is InChI=1S/C39H48F3N9O6/c40-28-4-10-31(11-5-28)49-25-34(52)46(19-1-16-43)22-37(55)50(32-12-6-29(41)7-13-32)26-35(53)48(21-3-18-45)24-39(57)51(33-14-8-30(42)9-15-33)27-36(54)47(20-2-17-44)23-38(49)56/h4-15H,1-3,16-27,43-45H2. The topological polar surface area (TPSA) is 200 Å². The molecule has 0 aromatic heterocycles. The molecule has 0 spiro atoms. The highest BCUT2D eigenvalue weighted by molar-refractivity contribution is 6.06. The summed E-state index contributed by atoms with van der Waals surface area (Å²) in [7, 11) is 0. The van der Waals surface area contributed by atoms with Gasteiger partial charge in [-0.1, -0.05) is 0 Å². The Morgan fingerprint density at radius 3 is 0.807 bits per heavy atom. The van der Waals surface area contributed by atoms with Gasteiger partial charge < -0.3 is 46.6 Å². The van der Waals surface area contributed by atoms with Gasteiger partial charge >= 0.3 is 0 Å². The predicted octanol–water partition coefficient (Wildman–Crippen LogP) is 1.05. The number of nitrogens with zero attached hydrogens (tertiary/aromatic N) is 6. The summed E-state index contributed by atoms with van der Waals surface area (Å²) in [4.78, 5) is 91.4. The number of carbonyl (C=O) groups is 6. The van der Waals surface area contributed by atoms with Crippen molar-refractivity contribution in [3.05, 3.63) is 90.2 Å². The second-order valence-corrected chi connectivity index (χ2v) is 13.2. The van der Waals surface area contributed by atoms with Crippen LogP contribution in [0.5, 0.6) is 0 Å². The van der Waals surface area contributed by atoms with E-state index < -0.39 is 92.2 Å². The number of hydrogen-bond acceptors (Lipinski definition) is 9. The number of benzene rings is 3. The number of amides is 6. The maximum absolute atomic E-state index is 14.2. The molecule has 4 rings (SSSR count). The van der Waals surface area contributed by atoms with Crippen molar-refractivity contribution >= 4 is 52.5 Å². The molecule has 0 atom stereocenters. The lowest BCUT2D eigenvalue weighted by molar-refractivity contribution is -0.138. The fraction of sp³-hybridized carbons (Fsp3) is 0.385. The molecule has 15 nitrogen and oxygen atoms in total. The van der Waals surface area contributed by atoms with Gasteiger partial charge in [0.05, 0.1) is 0 Å². The Kier molecular flexibility index (Phi) is 16.5. The molecule has 1 heterocycles. The van der Waals surface area contributed by atoms with E-state index in [2.05, 4.69) is 0 Å². The van der Waals surface area contributed by atoms with Crippen molar-refractivity contribution in [3.8, 4) is 0 Å². The van der Waals surface area contributed by atoms with Crippen LogP contribution in [0.2, 0.25) is 0 Å². The Labute approximate surface area is 328 Å². The third kappa shape index (κ3) is 12.6. The minimum Gasteiger partial charge on any atom is -0.332 e. The van der Waals surface area contributed by atoms with E-state index in [0.29, 0.717) is 0 Å². The fourth-order valence-corrected chi connectivity index (χ4v) is 6.01. The van der Waals surface area contributed by atoms with Gasteiger partial charge in [-0.2, -0.15) is 0 Å². The van der Waals surface area contributed by atoms with Crippen LogP contribution in [0.25, 0.3) is 0 Å². The van der Waals surface area contributed by atoms with Gasteiger partial charge in [-0.05, 0) is 112 Å². The predicted molar refractivity (Wildman–Crippen MR) is 207 cm³/mol. The average molecular weight is 796 g/mol. The molecule has 6 N–H and O–H groups in total. The van der Waals surface area contributed by atoms with Crippen LogP contribution < -0.4 is 31.9 Å². The first kappa shape index (κ1) is 43.9. The van der Waals surface area contributed by atoms with E-state index in [-0.39, 0.29) is 75.6 Å². The van der Waals surface area contributed by atoms with Crippen LogP contribution in [0.3, 0.4) is 0 Å². The number of hydrogen-bond donors (Lipinski definition) is 3. The summed E-state index contributed by atoms with van der Waals surface area (Å²) in [5, 5.41) is 0. The summed E-state index contributed by atoms with van der Waals surface area (Å²) in [6, 6.07) is 14.2. The van der Waals surface area contributed by atoms with Gasteiger partial charge in [0, 0.05) is 36.7 Å². The van der Waals surface area contributed by atoms with Crippen LogP contribution in [0, 0.1) is 17.5 Å². The third-order valence-electron chi connectivity index (χ3n) is 9.13. The molecule has 0 radical (unpaired) electrons. The van der Waals surface area contributed by atoms with Crippen LogP contribution in [0.1, 0.15) is 19.3 Å². The van der Waals surface area contributed by atoms with Gasteiger partial charge in [-0.3, -0.25) is 28.8 Å². The Hall–Kier alpha value is -5.85. The number of anilines is 3. The molecule has 3 aromatic rings. The van der Waals surface area contributed by atoms with E-state index in [0.717, 1.165) is 65.8 Å². The maximum Gasteiger partial charge on any atom is 0.247 e. The zero-order valence-electron chi connectivity index (χ0n) is 31.5. The molecule has 1 aliphatic rings. The molecular formula is C39H48F3N9O6. The lowest BCUT2D eigenvalue weighted by Crippen LogP contribution is -2.54. The summed E-state index contributed by atoms with van der Waals surface area (Å²) in [6.07, 6.45) is 0.750. The molecule has 57 heavy (non-hydrogen) atoms. The fourth-order valence-electron chi connectivity index (χ4n) is 6.01. The molecule has 18 heteroatoms. The molecule has 6 amide bonds. The average Bonchev–Trinajstić information content (AvgIpc) is 3.20. The number of halogens is 3. The van der Waals surface area contributed by atoms with E-state index in [1.54, 1.807) is 0 Å². The summed E-state index contributed by atoms with van der Waals surface area (Å²) < 4.78 is 42.1.